The molecule has 404 valence electrons. The van der Waals surface area contributed by atoms with Crippen LogP contribution in [0.3, 0.4) is 0 Å². The lowest BCUT2D eigenvalue weighted by Gasteiger charge is -2.28. The van der Waals surface area contributed by atoms with E-state index in [0.717, 1.165) is 83.5 Å². The first-order chi connectivity index (χ1) is 34.5. The number of hydrogen-bond donors (Lipinski definition) is 0. The molecule has 0 rings (SSSR count). The zero-order valence-corrected chi connectivity index (χ0v) is 46.5. The van der Waals surface area contributed by atoms with Crippen molar-refractivity contribution < 1.29 is 42.1 Å². The Morgan fingerprint density at radius 2 is 0.817 bits per heavy atom. The molecule has 0 amide bonds. The Hall–Kier alpha value is -3.59. The highest BCUT2D eigenvalue weighted by atomic mass is 31.2. The summed E-state index contributed by atoms with van der Waals surface area (Å²) in [5, 5.41) is 0. The van der Waals surface area contributed by atoms with E-state index in [4.69, 9.17) is 18.5 Å². The second kappa shape index (κ2) is 51.3. The number of nitrogens with zero attached hydrogens (tertiary/aromatic N) is 1. The van der Waals surface area contributed by atoms with E-state index in [0.29, 0.717) is 30.3 Å². The highest BCUT2D eigenvalue weighted by Gasteiger charge is 2.21. The third kappa shape index (κ3) is 55.6. The molecule has 10 heteroatoms. The number of unbranched alkanes of at least 4 members (excludes halogenated alkanes) is 15. The molecule has 0 fully saturated rings. The Morgan fingerprint density at radius 3 is 1.25 bits per heavy atom. The number of phosphoric acid groups is 1. The largest absolute Gasteiger partial charge is 0.756 e. The van der Waals surface area contributed by atoms with Gasteiger partial charge in [0.1, 0.15) is 19.8 Å². The van der Waals surface area contributed by atoms with Gasteiger partial charge in [0.15, 0.2) is 6.10 Å². The Bertz CT molecular complexity index is 1610. The smallest absolute Gasteiger partial charge is 0.306 e. The molecule has 0 aromatic heterocycles. The fourth-order valence-electron chi connectivity index (χ4n) is 6.94. The maximum atomic E-state index is 12.8. The van der Waals surface area contributed by atoms with Crippen LogP contribution in [0.4, 0.5) is 0 Å². The highest BCUT2D eigenvalue weighted by molar-refractivity contribution is 7.45. The van der Waals surface area contributed by atoms with Gasteiger partial charge < -0.3 is 27.9 Å². The molecule has 0 aliphatic rings. The minimum absolute atomic E-state index is 0.0491. The van der Waals surface area contributed by atoms with E-state index in [-0.39, 0.29) is 26.1 Å². The third-order valence-electron chi connectivity index (χ3n) is 11.2. The van der Waals surface area contributed by atoms with Crippen LogP contribution in [-0.4, -0.2) is 70.0 Å². The number of hydrogen-bond acceptors (Lipinski definition) is 8. The van der Waals surface area contributed by atoms with E-state index >= 15 is 0 Å². The molecule has 0 heterocycles. The first-order valence-corrected chi connectivity index (χ1v) is 29.2. The maximum absolute atomic E-state index is 12.8. The molecular weight excluding hydrogens is 906 g/mol. The van der Waals surface area contributed by atoms with Gasteiger partial charge >= 0.3 is 11.9 Å². The summed E-state index contributed by atoms with van der Waals surface area (Å²) >= 11 is 0. The van der Waals surface area contributed by atoms with E-state index in [9.17, 15) is 19.0 Å². The molecule has 0 aliphatic heterocycles. The number of quaternary nitrogens is 1. The lowest BCUT2D eigenvalue weighted by molar-refractivity contribution is -0.870. The van der Waals surface area contributed by atoms with Gasteiger partial charge in [-0.2, -0.15) is 0 Å². The van der Waals surface area contributed by atoms with E-state index in [1.807, 2.05) is 27.2 Å². The first kappa shape index (κ1) is 67.4. The number of rotatable bonds is 49. The zero-order valence-electron chi connectivity index (χ0n) is 45.6. The van der Waals surface area contributed by atoms with Gasteiger partial charge in [0, 0.05) is 12.8 Å². The second-order valence-electron chi connectivity index (χ2n) is 19.2. The highest BCUT2D eigenvalue weighted by Crippen LogP contribution is 2.38. The van der Waals surface area contributed by atoms with Crippen LogP contribution in [0.1, 0.15) is 200 Å². The summed E-state index contributed by atoms with van der Waals surface area (Å²) in [5.74, 6) is -0.917. The van der Waals surface area contributed by atoms with E-state index in [1.165, 1.54) is 70.6 Å². The molecule has 2 atom stereocenters. The molecular formula is C61H102NO8P. The van der Waals surface area contributed by atoms with Gasteiger partial charge in [-0.1, -0.05) is 206 Å². The van der Waals surface area contributed by atoms with E-state index in [1.54, 1.807) is 0 Å². The summed E-state index contributed by atoms with van der Waals surface area (Å²) < 4.78 is 34.0. The molecule has 0 bridgehead atoms. The van der Waals surface area contributed by atoms with Crippen molar-refractivity contribution in [2.75, 3.05) is 47.5 Å². The minimum atomic E-state index is -4.66. The number of allylic oxidation sites excluding steroid dienone is 20. The van der Waals surface area contributed by atoms with Crippen LogP contribution in [0.2, 0.25) is 0 Å². The van der Waals surface area contributed by atoms with Crippen molar-refractivity contribution in [3.05, 3.63) is 122 Å². The van der Waals surface area contributed by atoms with Gasteiger partial charge in [-0.25, -0.2) is 0 Å². The van der Waals surface area contributed by atoms with Crippen LogP contribution >= 0.6 is 7.82 Å². The molecule has 0 aromatic rings. The summed E-state index contributed by atoms with van der Waals surface area (Å²) in [4.78, 5) is 37.8. The predicted molar refractivity (Wildman–Crippen MR) is 300 cm³/mol. The summed E-state index contributed by atoms with van der Waals surface area (Å²) in [6.45, 7) is 4.03. The summed E-state index contributed by atoms with van der Waals surface area (Å²) in [5.41, 5.74) is 0. The van der Waals surface area contributed by atoms with Crippen molar-refractivity contribution in [2.45, 2.75) is 206 Å². The summed E-state index contributed by atoms with van der Waals surface area (Å²) in [6.07, 6.45) is 72.5. The Kier molecular flexibility index (Phi) is 48.7. The van der Waals surface area contributed by atoms with Crippen LogP contribution in [0.15, 0.2) is 122 Å². The van der Waals surface area contributed by atoms with Crippen LogP contribution in [0, 0.1) is 0 Å². The van der Waals surface area contributed by atoms with Crippen molar-refractivity contribution in [2.24, 2.45) is 0 Å². The van der Waals surface area contributed by atoms with Crippen LogP contribution < -0.4 is 4.89 Å². The molecule has 0 aliphatic carbocycles. The molecule has 2 unspecified atom stereocenters. The topological polar surface area (TPSA) is 111 Å². The van der Waals surface area contributed by atoms with Crippen molar-refractivity contribution >= 4 is 19.8 Å². The Morgan fingerprint density at radius 1 is 0.451 bits per heavy atom. The first-order valence-electron chi connectivity index (χ1n) is 27.7. The van der Waals surface area contributed by atoms with Crippen LogP contribution in [-0.2, 0) is 32.7 Å². The Labute approximate surface area is 435 Å². The third-order valence-corrected chi connectivity index (χ3v) is 12.2. The second-order valence-corrected chi connectivity index (χ2v) is 20.6. The van der Waals surface area contributed by atoms with Crippen molar-refractivity contribution in [1.82, 2.24) is 0 Å². The fourth-order valence-corrected chi connectivity index (χ4v) is 7.67. The standard InChI is InChI=1S/C61H102NO8P/c1-6-8-10-12-14-16-18-20-22-24-26-27-28-29-30-31-32-33-34-35-36-38-40-42-44-46-48-50-52-54-61(64)70-59(58-69-71(65,66)68-56-55-62(3,4)5)57-67-60(63)53-51-49-47-45-43-41-39-37-25-23-21-19-17-15-13-11-9-7-2/h8,10,14,16,20,22-23,25-27,29-30,32-33,35-36,40,42,46,48,59H,6-7,9,11-13,15,17-19,21,24,28,31,34,37-39,41,43-45,47,49-58H2,1-5H3/b10-8-,16-14-,22-20-,25-23-,27-26-,30-29-,33-32-,36-35-,42-40-,48-46-. The quantitative estimate of drug-likeness (QED) is 0.0195. The van der Waals surface area contributed by atoms with Gasteiger partial charge in [0.25, 0.3) is 7.82 Å². The number of likely N-dealkylation sites (N-methyl/N-ethyl adjacent to an activating group) is 1. The molecule has 0 saturated heterocycles. The number of ether oxygens (including phenoxy) is 2. The van der Waals surface area contributed by atoms with Gasteiger partial charge in [0.2, 0.25) is 0 Å². The summed E-state index contributed by atoms with van der Waals surface area (Å²) in [6, 6.07) is 0. The monoisotopic (exact) mass is 1010 g/mol. The lowest BCUT2D eigenvalue weighted by Crippen LogP contribution is -2.37. The molecule has 71 heavy (non-hydrogen) atoms. The molecule has 0 saturated carbocycles. The van der Waals surface area contributed by atoms with Gasteiger partial charge in [-0.15, -0.1) is 0 Å². The molecule has 0 radical (unpaired) electrons. The van der Waals surface area contributed by atoms with E-state index < -0.39 is 32.5 Å². The van der Waals surface area contributed by atoms with Crippen molar-refractivity contribution in [1.29, 1.82) is 0 Å². The normalized spacial score (nSPS) is 14.3. The fraction of sp³-hybridized carbons (Fsp3) is 0.639. The lowest BCUT2D eigenvalue weighted by atomic mass is 10.1. The van der Waals surface area contributed by atoms with Crippen molar-refractivity contribution in [3.63, 3.8) is 0 Å². The van der Waals surface area contributed by atoms with E-state index in [2.05, 4.69) is 129 Å². The molecule has 0 spiro atoms. The average molecular weight is 1010 g/mol. The van der Waals surface area contributed by atoms with Crippen molar-refractivity contribution in [3.8, 4) is 0 Å². The molecule has 0 aromatic carbocycles. The predicted octanol–water partition coefficient (Wildman–Crippen LogP) is 16.6. The summed E-state index contributed by atoms with van der Waals surface area (Å²) in [7, 11) is 1.11. The zero-order chi connectivity index (χ0) is 52.0. The van der Waals surface area contributed by atoms with Gasteiger partial charge in [-0.3, -0.25) is 14.2 Å². The average Bonchev–Trinajstić information content (AvgIpc) is 3.33. The molecule has 0 N–H and O–H groups in total. The van der Waals surface area contributed by atoms with Gasteiger partial charge in [0.05, 0.1) is 27.7 Å². The van der Waals surface area contributed by atoms with Crippen LogP contribution in [0.5, 0.6) is 0 Å². The van der Waals surface area contributed by atoms with Gasteiger partial charge in [-0.05, 0) is 103 Å². The Balaban J connectivity index is 4.36. The number of carbonyl (C=O) groups is 2. The van der Waals surface area contributed by atoms with Crippen LogP contribution in [0.25, 0.3) is 0 Å². The number of esters is 2. The number of phosphoric ester groups is 1. The maximum Gasteiger partial charge on any atom is 0.306 e. The molecule has 9 nitrogen and oxygen atoms in total. The number of carbonyl (C=O) groups excluding carboxylic acids is 2. The SMILES string of the molecule is CC/C=C\C/C=C\C/C=C\C/C=C\C/C=C\C/C=C\C/C=C\C/C=C\C/C=C\CCCC(=O)OC(COC(=O)CCCCCCCCC/C=C\CCCCCCCCC)COP(=O)([O-])OCC[N+](C)(C)C. The minimum Gasteiger partial charge on any atom is -0.756 e.